The van der Waals surface area contributed by atoms with Crippen molar-refractivity contribution in [1.29, 1.82) is 5.26 Å². The third kappa shape index (κ3) is 3.15. The van der Waals surface area contributed by atoms with E-state index in [4.69, 9.17) is 17.3 Å². The van der Waals surface area contributed by atoms with Gasteiger partial charge in [0.1, 0.15) is 5.82 Å². The molecule has 0 bridgehead atoms. The highest BCUT2D eigenvalue weighted by Gasteiger charge is 2.45. The minimum Gasteiger partial charge on any atom is -0.384 e. The second-order valence-corrected chi connectivity index (χ2v) is 10.2. The fourth-order valence-corrected chi connectivity index (χ4v) is 5.78. The molecular formula is C24H24ClN3OS. The lowest BCUT2D eigenvalue weighted by molar-refractivity contribution is -0.118. The van der Waals surface area contributed by atoms with Crippen molar-refractivity contribution >= 4 is 34.4 Å². The van der Waals surface area contributed by atoms with Gasteiger partial charge in [0.05, 0.1) is 23.2 Å². The van der Waals surface area contributed by atoms with Gasteiger partial charge in [0.15, 0.2) is 5.78 Å². The number of rotatable bonds is 2. The highest BCUT2D eigenvalue weighted by atomic mass is 35.5. The van der Waals surface area contributed by atoms with E-state index in [1.54, 1.807) is 11.3 Å². The molecule has 4 rings (SSSR count). The Hall–Kier alpha value is -2.55. The molecule has 0 saturated heterocycles. The highest BCUT2D eigenvalue weighted by molar-refractivity contribution is 7.10. The summed E-state index contributed by atoms with van der Waals surface area (Å²) in [6.45, 7) is 8.15. The van der Waals surface area contributed by atoms with Crippen molar-refractivity contribution in [3.63, 3.8) is 0 Å². The smallest absolute Gasteiger partial charge is 0.162 e. The molecule has 1 aromatic heterocycles. The molecule has 0 amide bonds. The highest BCUT2D eigenvalue weighted by Crippen LogP contribution is 2.52. The van der Waals surface area contributed by atoms with Crippen LogP contribution in [0.3, 0.4) is 0 Å². The van der Waals surface area contributed by atoms with Crippen LogP contribution in [0.2, 0.25) is 5.02 Å². The number of carbonyl (C=O) groups is 1. The summed E-state index contributed by atoms with van der Waals surface area (Å²) in [5.41, 5.74) is 11.2. The Morgan fingerprint density at radius 1 is 1.27 bits per heavy atom. The zero-order valence-corrected chi connectivity index (χ0v) is 19.1. The molecule has 154 valence electrons. The number of hydrogen-bond acceptors (Lipinski definition) is 5. The number of hydrogen-bond donors (Lipinski definition) is 1. The lowest BCUT2D eigenvalue weighted by Gasteiger charge is -2.44. The Bertz CT molecular complexity index is 1170. The van der Waals surface area contributed by atoms with Crippen molar-refractivity contribution < 1.29 is 4.79 Å². The normalized spacial score (nSPS) is 21.0. The number of anilines is 1. The predicted octanol–water partition coefficient (Wildman–Crippen LogP) is 5.96. The number of Topliss-reactive ketones (excluding diaryl/α,β-unsaturated/α-hetero) is 1. The quantitative estimate of drug-likeness (QED) is 0.629. The summed E-state index contributed by atoms with van der Waals surface area (Å²) in [7, 11) is 0. The Labute approximate surface area is 186 Å². The number of benzene rings is 1. The number of nitriles is 1. The fraction of sp³-hybridized carbons (Fsp3) is 0.333. The lowest BCUT2D eigenvalue weighted by Crippen LogP contribution is -2.42. The van der Waals surface area contributed by atoms with E-state index in [-0.39, 0.29) is 11.2 Å². The van der Waals surface area contributed by atoms with E-state index in [0.29, 0.717) is 34.8 Å². The number of aryl methyl sites for hydroxylation is 1. The second kappa shape index (κ2) is 7.30. The van der Waals surface area contributed by atoms with Crippen LogP contribution < -0.4 is 10.6 Å². The van der Waals surface area contributed by atoms with E-state index in [2.05, 4.69) is 19.9 Å². The average molecular weight is 438 g/mol. The molecule has 2 aromatic rings. The molecule has 0 saturated carbocycles. The molecule has 4 nitrogen and oxygen atoms in total. The molecule has 2 heterocycles. The Morgan fingerprint density at radius 3 is 2.63 bits per heavy atom. The van der Waals surface area contributed by atoms with Crippen LogP contribution in [0.15, 0.2) is 52.3 Å². The molecular weight excluding hydrogens is 414 g/mol. The van der Waals surface area contributed by atoms with Crippen LogP contribution in [0.1, 0.15) is 48.6 Å². The minimum atomic E-state index is -0.413. The molecule has 1 aliphatic carbocycles. The first-order valence-electron chi connectivity index (χ1n) is 9.91. The molecule has 2 aliphatic rings. The van der Waals surface area contributed by atoms with Gasteiger partial charge in [-0.25, -0.2) is 0 Å². The number of thiophene rings is 1. The van der Waals surface area contributed by atoms with Gasteiger partial charge in [0.2, 0.25) is 0 Å². The fourth-order valence-electron chi connectivity index (χ4n) is 4.56. The van der Waals surface area contributed by atoms with Crippen LogP contribution in [0.25, 0.3) is 0 Å². The summed E-state index contributed by atoms with van der Waals surface area (Å²) < 4.78 is 0. The Balaban J connectivity index is 2.05. The number of ketones is 1. The van der Waals surface area contributed by atoms with Crippen molar-refractivity contribution in [3.05, 3.63) is 73.3 Å². The molecule has 6 heteroatoms. The van der Waals surface area contributed by atoms with Crippen molar-refractivity contribution in [2.75, 3.05) is 4.90 Å². The Kier molecular flexibility index (Phi) is 5.04. The third-order valence-electron chi connectivity index (χ3n) is 6.02. The molecule has 2 N–H and O–H groups in total. The minimum absolute atomic E-state index is 0.0870. The molecule has 1 atom stereocenters. The topological polar surface area (TPSA) is 70.1 Å². The van der Waals surface area contributed by atoms with Crippen molar-refractivity contribution in [3.8, 4) is 6.07 Å². The lowest BCUT2D eigenvalue weighted by atomic mass is 9.69. The van der Waals surface area contributed by atoms with Gasteiger partial charge in [0, 0.05) is 27.6 Å². The van der Waals surface area contributed by atoms with E-state index < -0.39 is 5.92 Å². The molecule has 1 aliphatic heterocycles. The van der Waals surface area contributed by atoms with Crippen LogP contribution in [-0.4, -0.2) is 5.78 Å². The maximum absolute atomic E-state index is 13.5. The SMILES string of the molecule is Cc1ccsc1[C@H]1C(C#N)=C(N)N(c2cccc(Cl)c2C)C2=C1C(=O)CC(C)(C)C2. The van der Waals surface area contributed by atoms with E-state index in [1.807, 2.05) is 48.4 Å². The summed E-state index contributed by atoms with van der Waals surface area (Å²) in [5.74, 6) is 0.0539. The number of carbonyl (C=O) groups excluding carboxylic acids is 1. The summed E-state index contributed by atoms with van der Waals surface area (Å²) in [6, 6.07) is 10.00. The first kappa shape index (κ1) is 20.7. The summed E-state index contributed by atoms with van der Waals surface area (Å²) in [6.07, 6.45) is 1.15. The van der Waals surface area contributed by atoms with E-state index >= 15 is 0 Å². The van der Waals surface area contributed by atoms with E-state index in [0.717, 1.165) is 27.4 Å². The maximum Gasteiger partial charge on any atom is 0.162 e. The molecule has 30 heavy (non-hydrogen) atoms. The largest absolute Gasteiger partial charge is 0.384 e. The van der Waals surface area contributed by atoms with Gasteiger partial charge in [-0.05, 0) is 60.4 Å². The molecule has 0 spiro atoms. The van der Waals surface area contributed by atoms with Crippen LogP contribution in [0.5, 0.6) is 0 Å². The molecule has 0 fully saturated rings. The number of nitrogens with zero attached hydrogens (tertiary/aromatic N) is 2. The molecule has 1 aromatic carbocycles. The zero-order valence-electron chi connectivity index (χ0n) is 17.5. The maximum atomic E-state index is 13.5. The van der Waals surface area contributed by atoms with Crippen molar-refractivity contribution in [2.45, 2.75) is 46.5 Å². The Morgan fingerprint density at radius 2 is 2.00 bits per heavy atom. The van der Waals surface area contributed by atoms with Gasteiger partial charge in [-0.2, -0.15) is 5.26 Å². The molecule has 0 unspecified atom stereocenters. The van der Waals surface area contributed by atoms with Gasteiger partial charge in [-0.15, -0.1) is 11.3 Å². The summed E-state index contributed by atoms with van der Waals surface area (Å²) >= 11 is 7.98. The van der Waals surface area contributed by atoms with Crippen LogP contribution in [-0.2, 0) is 4.79 Å². The second-order valence-electron chi connectivity index (χ2n) is 8.83. The molecule has 0 radical (unpaired) electrons. The number of halogens is 1. The summed E-state index contributed by atoms with van der Waals surface area (Å²) in [5, 5.41) is 12.7. The van der Waals surface area contributed by atoms with Crippen LogP contribution in [0.4, 0.5) is 5.69 Å². The van der Waals surface area contributed by atoms with Gasteiger partial charge in [-0.1, -0.05) is 31.5 Å². The summed E-state index contributed by atoms with van der Waals surface area (Å²) in [4.78, 5) is 16.4. The van der Waals surface area contributed by atoms with Gasteiger partial charge in [-0.3, -0.25) is 9.69 Å². The third-order valence-corrected chi connectivity index (χ3v) is 7.52. The van der Waals surface area contributed by atoms with E-state index in [1.165, 1.54) is 0 Å². The van der Waals surface area contributed by atoms with Crippen molar-refractivity contribution in [2.24, 2.45) is 11.1 Å². The van der Waals surface area contributed by atoms with Gasteiger partial charge in [0.25, 0.3) is 0 Å². The van der Waals surface area contributed by atoms with Crippen LogP contribution >= 0.6 is 22.9 Å². The van der Waals surface area contributed by atoms with E-state index in [9.17, 15) is 10.1 Å². The first-order valence-corrected chi connectivity index (χ1v) is 11.2. The van der Waals surface area contributed by atoms with Crippen LogP contribution in [0, 0.1) is 30.6 Å². The standard InChI is InChI=1S/C24H24ClN3OS/c1-13-8-9-30-22(13)20-15(12-26)23(27)28(17-7-5-6-16(25)14(17)2)18-10-24(3,4)11-19(29)21(18)20/h5-9,20H,10-11,27H2,1-4H3/t20-/m0/s1. The van der Waals surface area contributed by atoms with Gasteiger partial charge >= 0.3 is 0 Å². The monoisotopic (exact) mass is 437 g/mol. The number of allylic oxidation sites excluding steroid dienone is 3. The van der Waals surface area contributed by atoms with Crippen molar-refractivity contribution in [1.82, 2.24) is 0 Å². The average Bonchev–Trinajstić information content (AvgIpc) is 3.08. The zero-order chi connectivity index (χ0) is 21.8. The predicted molar refractivity (Wildman–Crippen MR) is 122 cm³/mol. The number of nitrogens with two attached hydrogens (primary N) is 1. The van der Waals surface area contributed by atoms with Gasteiger partial charge < -0.3 is 5.73 Å². The first-order chi connectivity index (χ1) is 14.2.